The van der Waals surface area contributed by atoms with Crippen molar-refractivity contribution in [2.24, 2.45) is 11.8 Å². The molecule has 0 aliphatic carbocycles. The number of ether oxygens (including phenoxy) is 3. The average Bonchev–Trinajstić information content (AvgIpc) is 3.79. The van der Waals surface area contributed by atoms with Crippen molar-refractivity contribution in [2.45, 2.75) is 103 Å². The van der Waals surface area contributed by atoms with E-state index in [1.165, 1.54) is 23.0 Å². The molecule has 0 bridgehead atoms. The van der Waals surface area contributed by atoms with Crippen LogP contribution < -0.4 is 15.3 Å². The smallest absolute Gasteiger partial charge is 0.459 e. The molecule has 0 saturated carbocycles. The molecule has 0 amide bonds. The fourth-order valence-electron chi connectivity index (χ4n) is 6.84. The molecular formula is C41H50F3N6O8P. The van der Waals surface area contributed by atoms with Gasteiger partial charge in [-0.1, -0.05) is 77.5 Å². The second kappa shape index (κ2) is 20.3. The Hall–Kier alpha value is -5.01. The van der Waals surface area contributed by atoms with Crippen LogP contribution in [-0.4, -0.2) is 62.4 Å². The van der Waals surface area contributed by atoms with E-state index in [1.807, 2.05) is 27.7 Å². The van der Waals surface area contributed by atoms with Crippen LogP contribution in [0.15, 0.2) is 54.9 Å². The second-order valence-corrected chi connectivity index (χ2v) is 16.1. The predicted octanol–water partition coefficient (Wildman–Crippen LogP) is 7.63. The maximum absolute atomic E-state index is 15.0. The van der Waals surface area contributed by atoms with Crippen molar-refractivity contribution in [2.75, 3.05) is 18.9 Å². The van der Waals surface area contributed by atoms with Crippen LogP contribution in [0.4, 0.5) is 19.0 Å². The van der Waals surface area contributed by atoms with Crippen molar-refractivity contribution in [3.8, 4) is 18.1 Å². The average molecular weight is 843 g/mol. The molecule has 5 rings (SSSR count). The number of nitrogens with one attached hydrogen (secondary N) is 1. The number of nitrogen functional groups attached to an aromatic ring is 1. The number of carbonyl (C=O) groups excluding carboxylic acids is 2. The zero-order valence-corrected chi connectivity index (χ0v) is 34.3. The zero-order valence-electron chi connectivity index (χ0n) is 33.4. The number of rotatable bonds is 21. The van der Waals surface area contributed by atoms with Gasteiger partial charge >= 0.3 is 25.8 Å². The molecule has 18 heteroatoms. The Balaban J connectivity index is 1.53. The molecule has 3 N–H and O–H groups in total. The maximum Gasteiger partial charge on any atom is 0.459 e. The maximum atomic E-state index is 15.0. The molecule has 5 atom stereocenters. The van der Waals surface area contributed by atoms with Crippen molar-refractivity contribution in [1.82, 2.24) is 24.6 Å². The van der Waals surface area contributed by atoms with Crippen LogP contribution in [0, 0.1) is 41.9 Å². The molecule has 3 heterocycles. The van der Waals surface area contributed by atoms with Crippen LogP contribution >= 0.6 is 7.75 Å². The predicted molar refractivity (Wildman–Crippen MR) is 212 cm³/mol. The lowest BCUT2D eigenvalue weighted by Crippen LogP contribution is -2.46. The Bertz CT molecular complexity index is 2130. The highest BCUT2D eigenvalue weighted by Gasteiger charge is 2.53. The molecule has 14 nitrogen and oxygen atoms in total. The van der Waals surface area contributed by atoms with Crippen molar-refractivity contribution in [3.63, 3.8) is 0 Å². The lowest BCUT2D eigenvalue weighted by molar-refractivity contribution is -0.163. The minimum Gasteiger partial charge on any atom is -0.464 e. The van der Waals surface area contributed by atoms with Crippen molar-refractivity contribution < 1.29 is 50.6 Å². The van der Waals surface area contributed by atoms with Gasteiger partial charge < -0.3 is 24.5 Å². The van der Waals surface area contributed by atoms with Gasteiger partial charge in [0, 0.05) is 12.5 Å². The Morgan fingerprint density at radius 2 is 1.73 bits per heavy atom. The largest absolute Gasteiger partial charge is 0.464 e. The number of benzene rings is 2. The number of carbonyl (C=O) groups is 2. The number of anilines is 1. The normalized spacial score (nSPS) is 19.4. The standard InChI is InChI=1S/C41H50F3N6O8P/c1-6-14-28(15-7-2)38(51)56-33-22-34(50-25-46-35-36(45)47-40(44)48-37(35)50)57-41(33,10-5)24-55-59(53,58-31-16-12-11-13-17-31)49-32(39(52)54-23-26(8-3)9-4)20-27-18-29(42)21-30(43)19-27/h5,11-13,16-19,21,25-26,28,32-34H,6-9,14-15,20,22-24H2,1-4H3,(H,49,53)(H2,45,47,48)/t32?,33-,34+,41+,59-/m0/s1. The first-order valence-corrected chi connectivity index (χ1v) is 21.2. The molecule has 1 unspecified atom stereocenters. The third kappa shape index (κ3) is 11.4. The summed E-state index contributed by atoms with van der Waals surface area (Å²) in [6.45, 7) is 7.03. The van der Waals surface area contributed by atoms with Crippen LogP contribution in [0.25, 0.3) is 11.2 Å². The molecule has 0 spiro atoms. The van der Waals surface area contributed by atoms with Gasteiger partial charge in [-0.15, -0.1) is 6.42 Å². The Morgan fingerprint density at radius 1 is 1.05 bits per heavy atom. The fraction of sp³-hybridized carbons (Fsp3) is 0.488. The highest BCUT2D eigenvalue weighted by molar-refractivity contribution is 7.52. The van der Waals surface area contributed by atoms with Gasteiger partial charge in [0.2, 0.25) is 0 Å². The lowest BCUT2D eigenvalue weighted by atomic mass is 9.96. The summed E-state index contributed by atoms with van der Waals surface area (Å²) in [5.41, 5.74) is 4.02. The molecule has 2 aromatic carbocycles. The van der Waals surface area contributed by atoms with E-state index in [1.54, 1.807) is 18.2 Å². The molecule has 59 heavy (non-hydrogen) atoms. The Morgan fingerprint density at radius 3 is 2.36 bits per heavy atom. The van der Waals surface area contributed by atoms with Crippen LogP contribution in [-0.2, 0) is 39.3 Å². The van der Waals surface area contributed by atoms with Crippen LogP contribution in [0.1, 0.15) is 84.4 Å². The van der Waals surface area contributed by atoms with Gasteiger partial charge in [0.1, 0.15) is 42.4 Å². The van der Waals surface area contributed by atoms with Crippen molar-refractivity contribution >= 4 is 36.7 Å². The van der Waals surface area contributed by atoms with E-state index in [9.17, 15) is 22.8 Å². The summed E-state index contributed by atoms with van der Waals surface area (Å²) in [6, 6.07) is 9.09. The highest BCUT2D eigenvalue weighted by atomic mass is 31.2. The SMILES string of the molecule is C#C[C@]1(CO[P@@](=O)(NC(Cc2cc(F)cc(F)c2)C(=O)OCC(CC)CC)Oc2ccccc2)O[C@@H](n2cnc3c(N)nc(F)nc32)C[C@@H]1OC(=O)C(CCC)CCC. The Kier molecular flexibility index (Phi) is 15.5. The lowest BCUT2D eigenvalue weighted by Gasteiger charge is -2.32. The number of para-hydroxylation sites is 1. The van der Waals surface area contributed by atoms with E-state index in [4.69, 9.17) is 35.4 Å². The van der Waals surface area contributed by atoms with Gasteiger partial charge in [-0.2, -0.15) is 19.4 Å². The number of nitrogens with zero attached hydrogens (tertiary/aromatic N) is 4. The molecule has 1 saturated heterocycles. The van der Waals surface area contributed by atoms with Crippen LogP contribution in [0.5, 0.6) is 5.75 Å². The number of hydrogen-bond donors (Lipinski definition) is 2. The highest BCUT2D eigenvalue weighted by Crippen LogP contribution is 2.49. The molecule has 2 aromatic heterocycles. The van der Waals surface area contributed by atoms with Crippen LogP contribution in [0.3, 0.4) is 0 Å². The molecular weight excluding hydrogens is 792 g/mol. The summed E-state index contributed by atoms with van der Waals surface area (Å²) in [4.78, 5) is 39.1. The first-order valence-electron chi connectivity index (χ1n) is 19.7. The summed E-state index contributed by atoms with van der Waals surface area (Å²) >= 11 is 0. The van der Waals surface area contributed by atoms with E-state index in [2.05, 4.69) is 26.0 Å². The number of fused-ring (bicyclic) bond motifs is 1. The van der Waals surface area contributed by atoms with Gasteiger partial charge in [0.25, 0.3) is 0 Å². The molecule has 0 radical (unpaired) electrons. The zero-order chi connectivity index (χ0) is 42.7. The summed E-state index contributed by atoms with van der Waals surface area (Å²) in [6.07, 6.45) is 7.41. The fourth-order valence-corrected chi connectivity index (χ4v) is 8.36. The van der Waals surface area contributed by atoms with E-state index in [0.717, 1.165) is 12.1 Å². The second-order valence-electron chi connectivity index (χ2n) is 14.4. The van der Waals surface area contributed by atoms with Crippen molar-refractivity contribution in [3.05, 3.63) is 78.1 Å². The summed E-state index contributed by atoms with van der Waals surface area (Å²) < 4.78 is 89.7. The Labute approximate surface area is 341 Å². The van der Waals surface area contributed by atoms with Crippen molar-refractivity contribution in [1.29, 1.82) is 0 Å². The third-order valence-electron chi connectivity index (χ3n) is 10.1. The van der Waals surface area contributed by atoms with Gasteiger partial charge in [0.15, 0.2) is 22.6 Å². The summed E-state index contributed by atoms with van der Waals surface area (Å²) in [5.74, 6) is -1.30. The topological polar surface area (TPSA) is 179 Å². The molecule has 1 aliphatic rings. The summed E-state index contributed by atoms with van der Waals surface area (Å²) in [7, 11) is -4.77. The first kappa shape index (κ1) is 45.1. The monoisotopic (exact) mass is 842 g/mol. The molecule has 4 aromatic rings. The van der Waals surface area contributed by atoms with Gasteiger partial charge in [-0.3, -0.25) is 18.7 Å². The molecule has 1 fully saturated rings. The number of hydrogen-bond acceptors (Lipinski definition) is 12. The first-order chi connectivity index (χ1) is 28.2. The minimum absolute atomic E-state index is 0.0127. The number of aromatic nitrogens is 4. The van der Waals surface area contributed by atoms with Gasteiger partial charge in [-0.05, 0) is 55.0 Å². The third-order valence-corrected chi connectivity index (χ3v) is 11.7. The minimum atomic E-state index is -4.77. The summed E-state index contributed by atoms with van der Waals surface area (Å²) in [5, 5.41) is 2.65. The number of terminal acetylenes is 1. The van der Waals surface area contributed by atoms with E-state index in [-0.39, 0.29) is 47.2 Å². The van der Waals surface area contributed by atoms with E-state index in [0.29, 0.717) is 44.6 Å². The molecule has 318 valence electrons. The van der Waals surface area contributed by atoms with Crippen LogP contribution in [0.2, 0.25) is 0 Å². The van der Waals surface area contributed by atoms with E-state index < -0.39 is 80.3 Å². The van der Waals surface area contributed by atoms with Gasteiger partial charge in [0.05, 0.1) is 18.9 Å². The molecule has 1 aliphatic heterocycles. The number of imidazole rings is 1. The number of nitrogens with two attached hydrogens (primary N) is 1. The number of esters is 2. The number of halogens is 3. The van der Waals surface area contributed by atoms with Gasteiger partial charge in [-0.25, -0.2) is 18.3 Å². The quantitative estimate of drug-likeness (QED) is 0.0362. The van der Waals surface area contributed by atoms with E-state index >= 15 is 4.57 Å².